The van der Waals surface area contributed by atoms with Crippen LogP contribution in [0.15, 0.2) is 48.5 Å². The quantitative estimate of drug-likeness (QED) is 0.709. The largest absolute Gasteiger partial charge is 0.356 e. The molecule has 0 unspecified atom stereocenters. The molecule has 3 amide bonds. The lowest BCUT2D eigenvalue weighted by Crippen LogP contribution is -2.46. The van der Waals surface area contributed by atoms with Crippen molar-refractivity contribution in [3.05, 3.63) is 71.3 Å². The fraction of sp³-hybridized carbons (Fsp3) is 0.348. The zero-order valence-electron chi connectivity index (χ0n) is 17.1. The highest BCUT2D eigenvalue weighted by Gasteiger charge is 2.27. The molecule has 2 N–H and O–H groups in total. The topological polar surface area (TPSA) is 78.5 Å². The summed E-state index contributed by atoms with van der Waals surface area (Å²) in [5, 5.41) is 5.38. The van der Waals surface area contributed by atoms with E-state index in [-0.39, 0.29) is 35.7 Å². The second-order valence-electron chi connectivity index (χ2n) is 7.48. The molecule has 8 heteroatoms. The van der Waals surface area contributed by atoms with Gasteiger partial charge < -0.3 is 15.5 Å². The molecule has 1 heterocycles. The van der Waals surface area contributed by atoms with Crippen LogP contribution in [0.1, 0.15) is 28.8 Å². The molecule has 3 rings (SSSR count). The molecule has 0 aliphatic carbocycles. The number of nitrogens with one attached hydrogen (secondary N) is 2. The van der Waals surface area contributed by atoms with Gasteiger partial charge in [0.25, 0.3) is 5.91 Å². The third-order valence-corrected chi connectivity index (χ3v) is 5.38. The van der Waals surface area contributed by atoms with E-state index in [9.17, 15) is 23.2 Å². The van der Waals surface area contributed by atoms with E-state index in [1.54, 1.807) is 23.1 Å². The smallest absolute Gasteiger partial charge is 0.251 e. The number of benzene rings is 2. The van der Waals surface area contributed by atoms with Gasteiger partial charge in [-0.15, -0.1) is 0 Å². The maximum atomic E-state index is 13.6. The molecule has 0 bridgehead atoms. The Labute approximate surface area is 179 Å². The average Bonchev–Trinajstić information content (AvgIpc) is 2.79. The number of carbonyl (C=O) groups is 3. The van der Waals surface area contributed by atoms with Crippen molar-refractivity contribution in [2.45, 2.75) is 19.3 Å². The zero-order chi connectivity index (χ0) is 22.2. The second kappa shape index (κ2) is 10.7. The number of amides is 3. The van der Waals surface area contributed by atoms with Crippen molar-refractivity contribution in [3.63, 3.8) is 0 Å². The number of hydrogen-bond acceptors (Lipinski definition) is 3. The maximum Gasteiger partial charge on any atom is 0.251 e. The summed E-state index contributed by atoms with van der Waals surface area (Å²) in [6, 6.07) is 11.5. The summed E-state index contributed by atoms with van der Waals surface area (Å²) in [7, 11) is 0. The van der Waals surface area contributed by atoms with Crippen molar-refractivity contribution in [3.8, 4) is 0 Å². The molecule has 0 atom stereocenters. The molecule has 164 valence electrons. The van der Waals surface area contributed by atoms with Crippen molar-refractivity contribution in [1.29, 1.82) is 0 Å². The van der Waals surface area contributed by atoms with Crippen molar-refractivity contribution >= 4 is 17.7 Å². The number of hydrogen-bond donors (Lipinski definition) is 2. The minimum atomic E-state index is -0.447. The van der Waals surface area contributed by atoms with E-state index in [1.165, 1.54) is 30.3 Å². The van der Waals surface area contributed by atoms with Crippen LogP contribution in [0.3, 0.4) is 0 Å². The van der Waals surface area contributed by atoms with Gasteiger partial charge in [-0.3, -0.25) is 14.4 Å². The molecule has 2 aromatic rings. The first-order chi connectivity index (χ1) is 14.9. The van der Waals surface area contributed by atoms with E-state index in [2.05, 4.69) is 10.6 Å². The van der Waals surface area contributed by atoms with Gasteiger partial charge in [0.1, 0.15) is 11.6 Å². The van der Waals surface area contributed by atoms with E-state index >= 15 is 0 Å². The molecule has 0 aromatic heterocycles. The van der Waals surface area contributed by atoms with Gasteiger partial charge in [-0.05, 0) is 55.2 Å². The van der Waals surface area contributed by atoms with Crippen LogP contribution in [0.25, 0.3) is 0 Å². The molecule has 0 radical (unpaired) electrons. The number of carbonyl (C=O) groups excluding carboxylic acids is 3. The standard InChI is InChI=1S/C23H25F2N3O3/c24-19-7-5-17(6-8-19)23(31)27-15-21(29)28-13-10-18(11-14-28)22(30)26-12-9-16-3-1-2-4-20(16)25/h1-8,18H,9-15H2,(H,26,30)(H,27,31). The third kappa shape index (κ3) is 6.34. The first-order valence-electron chi connectivity index (χ1n) is 10.3. The highest BCUT2D eigenvalue weighted by molar-refractivity contribution is 5.96. The average molecular weight is 429 g/mol. The fourth-order valence-corrected chi connectivity index (χ4v) is 3.53. The Hall–Kier alpha value is -3.29. The molecular weight excluding hydrogens is 404 g/mol. The molecule has 1 aliphatic heterocycles. The molecular formula is C23H25F2N3O3. The Kier molecular flexibility index (Phi) is 7.70. The first kappa shape index (κ1) is 22.4. The van der Waals surface area contributed by atoms with Crippen LogP contribution in [0.4, 0.5) is 8.78 Å². The molecule has 1 saturated heterocycles. The first-order valence-corrected chi connectivity index (χ1v) is 10.3. The predicted octanol–water partition coefficient (Wildman–Crippen LogP) is 2.29. The van der Waals surface area contributed by atoms with Gasteiger partial charge in [-0.2, -0.15) is 0 Å². The Bertz CT molecular complexity index is 926. The zero-order valence-corrected chi connectivity index (χ0v) is 17.1. The molecule has 2 aromatic carbocycles. The van der Waals surface area contributed by atoms with Crippen LogP contribution in [-0.4, -0.2) is 48.8 Å². The van der Waals surface area contributed by atoms with E-state index < -0.39 is 11.7 Å². The van der Waals surface area contributed by atoms with Crippen LogP contribution in [0.5, 0.6) is 0 Å². The predicted molar refractivity (Wildman–Crippen MR) is 111 cm³/mol. The van der Waals surface area contributed by atoms with Crippen molar-refractivity contribution in [2.75, 3.05) is 26.2 Å². The summed E-state index contributed by atoms with van der Waals surface area (Å²) in [6.07, 6.45) is 1.48. The van der Waals surface area contributed by atoms with Gasteiger partial charge >= 0.3 is 0 Å². The van der Waals surface area contributed by atoms with Crippen LogP contribution in [0, 0.1) is 17.6 Å². The lowest BCUT2D eigenvalue weighted by molar-refractivity contribution is -0.134. The van der Waals surface area contributed by atoms with Crippen LogP contribution < -0.4 is 10.6 Å². The van der Waals surface area contributed by atoms with E-state index in [0.717, 1.165) is 0 Å². The summed E-state index contributed by atoms with van der Waals surface area (Å²) in [5.74, 6) is -1.68. The number of halogens is 2. The molecule has 1 fully saturated rings. The highest BCUT2D eigenvalue weighted by Crippen LogP contribution is 2.17. The minimum Gasteiger partial charge on any atom is -0.356 e. The molecule has 6 nitrogen and oxygen atoms in total. The Balaban J connectivity index is 1.36. The number of likely N-dealkylation sites (tertiary alicyclic amines) is 1. The number of nitrogens with zero attached hydrogens (tertiary/aromatic N) is 1. The lowest BCUT2D eigenvalue weighted by Gasteiger charge is -2.31. The summed E-state index contributed by atoms with van der Waals surface area (Å²) in [5.41, 5.74) is 0.839. The van der Waals surface area contributed by atoms with Crippen LogP contribution in [0.2, 0.25) is 0 Å². The Morgan fingerprint density at radius 1 is 0.935 bits per heavy atom. The molecule has 0 spiro atoms. The summed E-state index contributed by atoms with van der Waals surface area (Å²) in [4.78, 5) is 38.3. The normalized spacial score (nSPS) is 14.2. The van der Waals surface area contributed by atoms with Gasteiger partial charge in [0, 0.05) is 31.1 Å². The van der Waals surface area contributed by atoms with Gasteiger partial charge in [0.05, 0.1) is 6.54 Å². The van der Waals surface area contributed by atoms with E-state index in [1.807, 2.05) is 0 Å². The van der Waals surface area contributed by atoms with Crippen LogP contribution in [-0.2, 0) is 16.0 Å². The van der Waals surface area contributed by atoms with Crippen molar-refractivity contribution in [1.82, 2.24) is 15.5 Å². The van der Waals surface area contributed by atoms with Gasteiger partial charge in [-0.25, -0.2) is 8.78 Å². The maximum absolute atomic E-state index is 13.6. The van der Waals surface area contributed by atoms with Gasteiger partial charge in [0.2, 0.25) is 11.8 Å². The van der Waals surface area contributed by atoms with Crippen molar-refractivity contribution < 1.29 is 23.2 Å². The summed E-state index contributed by atoms with van der Waals surface area (Å²) in [6.45, 7) is 1.05. The monoisotopic (exact) mass is 429 g/mol. The minimum absolute atomic E-state index is 0.0898. The molecule has 31 heavy (non-hydrogen) atoms. The van der Waals surface area contributed by atoms with Gasteiger partial charge in [0.15, 0.2) is 0 Å². The number of piperidine rings is 1. The second-order valence-corrected chi connectivity index (χ2v) is 7.48. The van der Waals surface area contributed by atoms with E-state index in [4.69, 9.17) is 0 Å². The van der Waals surface area contributed by atoms with Gasteiger partial charge in [-0.1, -0.05) is 18.2 Å². The SMILES string of the molecule is O=C(NCC(=O)N1CCC(C(=O)NCCc2ccccc2F)CC1)c1ccc(F)cc1. The molecule has 0 saturated carbocycles. The number of rotatable bonds is 7. The van der Waals surface area contributed by atoms with Crippen LogP contribution >= 0.6 is 0 Å². The fourth-order valence-electron chi connectivity index (χ4n) is 3.53. The summed E-state index contributed by atoms with van der Waals surface area (Å²) < 4.78 is 26.5. The Morgan fingerprint density at radius 2 is 1.61 bits per heavy atom. The summed E-state index contributed by atoms with van der Waals surface area (Å²) >= 11 is 0. The van der Waals surface area contributed by atoms with E-state index in [0.29, 0.717) is 44.5 Å². The highest BCUT2D eigenvalue weighted by atomic mass is 19.1. The third-order valence-electron chi connectivity index (χ3n) is 5.38. The van der Waals surface area contributed by atoms with Crippen molar-refractivity contribution in [2.24, 2.45) is 5.92 Å². The Morgan fingerprint density at radius 3 is 2.29 bits per heavy atom. The molecule has 1 aliphatic rings. The lowest BCUT2D eigenvalue weighted by atomic mass is 9.95.